The molecule has 14 heavy (non-hydrogen) atoms. The fraction of sp³-hybridized carbons (Fsp3) is 1.00. The first kappa shape index (κ1) is 11.2. The van der Waals surface area contributed by atoms with E-state index in [1.165, 1.54) is 0 Å². The molecule has 4 N–H and O–H groups in total. The Labute approximate surface area is 79.0 Å². The van der Waals surface area contributed by atoms with Crippen LogP contribution in [0.3, 0.4) is 0 Å². The topological polar surface area (TPSA) is 139 Å². The lowest BCUT2D eigenvalue weighted by Gasteiger charge is -2.37. The van der Waals surface area contributed by atoms with Crippen LogP contribution >= 0.6 is 0 Å². The van der Waals surface area contributed by atoms with Gasteiger partial charge in [-0.2, -0.15) is 0 Å². The van der Waals surface area contributed by atoms with Gasteiger partial charge in [-0.05, 0) is 5.53 Å². The second-order valence-electron chi connectivity index (χ2n) is 2.95. The monoisotopic (exact) mass is 205 g/mol. The summed E-state index contributed by atoms with van der Waals surface area (Å²) in [5.74, 6) is 0. The molecule has 8 nitrogen and oxygen atoms in total. The van der Waals surface area contributed by atoms with Gasteiger partial charge in [0.2, 0.25) is 0 Å². The van der Waals surface area contributed by atoms with Crippen LogP contribution in [0.25, 0.3) is 10.4 Å². The van der Waals surface area contributed by atoms with Crippen molar-refractivity contribution in [2.75, 3.05) is 6.54 Å². The van der Waals surface area contributed by atoms with Crippen LogP contribution in [0.2, 0.25) is 0 Å². The third-order valence-corrected chi connectivity index (χ3v) is 2.01. The molecule has 1 aliphatic heterocycles. The van der Waals surface area contributed by atoms with Crippen molar-refractivity contribution >= 4 is 0 Å². The highest BCUT2D eigenvalue weighted by Crippen LogP contribution is 2.19. The van der Waals surface area contributed by atoms with Crippen molar-refractivity contribution in [3.8, 4) is 0 Å². The van der Waals surface area contributed by atoms with Crippen LogP contribution in [0.1, 0.15) is 0 Å². The first-order valence-electron chi connectivity index (χ1n) is 3.96. The van der Waals surface area contributed by atoms with Gasteiger partial charge in [-0.3, -0.25) is 0 Å². The van der Waals surface area contributed by atoms with E-state index in [-0.39, 0.29) is 6.54 Å². The second kappa shape index (κ2) is 4.56. The maximum atomic E-state index is 9.32. The van der Waals surface area contributed by atoms with E-state index in [0.29, 0.717) is 0 Å². The van der Waals surface area contributed by atoms with Crippen molar-refractivity contribution in [1.29, 1.82) is 0 Å². The summed E-state index contributed by atoms with van der Waals surface area (Å²) in [7, 11) is 0. The van der Waals surface area contributed by atoms with Crippen LogP contribution in [0, 0.1) is 0 Å². The molecule has 1 saturated heterocycles. The molecule has 0 aromatic carbocycles. The van der Waals surface area contributed by atoms with Gasteiger partial charge in [-0.25, -0.2) is 0 Å². The summed E-state index contributed by atoms with van der Waals surface area (Å²) >= 11 is 0. The van der Waals surface area contributed by atoms with Gasteiger partial charge in [0.05, 0.1) is 12.6 Å². The van der Waals surface area contributed by atoms with Crippen LogP contribution in [-0.4, -0.2) is 57.7 Å². The number of ether oxygens (including phenoxy) is 1. The van der Waals surface area contributed by atoms with Gasteiger partial charge in [0.1, 0.15) is 18.3 Å². The standard InChI is InChI=1S/C6H11N3O5/c7-9-8-1-2-3(10)4(11)5(12)6(13)14-2/h2-6,10-13H,1H2/t2-,3+,4-,5-,6+/m0/s1. The molecule has 0 spiro atoms. The SMILES string of the molecule is [N-]=[N+]=NC[C@@H]1O[C@@H](O)[C@@H](O)[C@@H](O)[C@@H]1O. The Balaban J connectivity index is 2.64. The third kappa shape index (κ3) is 2.13. The first-order valence-corrected chi connectivity index (χ1v) is 3.96. The predicted molar refractivity (Wildman–Crippen MR) is 42.9 cm³/mol. The number of aliphatic hydroxyl groups excluding tert-OH is 4. The molecule has 0 unspecified atom stereocenters. The number of nitrogens with zero attached hydrogens (tertiary/aromatic N) is 3. The van der Waals surface area contributed by atoms with Crippen molar-refractivity contribution in [2.45, 2.75) is 30.7 Å². The van der Waals surface area contributed by atoms with Crippen molar-refractivity contribution in [1.82, 2.24) is 0 Å². The summed E-state index contributed by atoms with van der Waals surface area (Å²) in [6.07, 6.45) is -7.07. The minimum atomic E-state index is -1.59. The number of hydrogen-bond acceptors (Lipinski definition) is 6. The van der Waals surface area contributed by atoms with Crippen LogP contribution < -0.4 is 0 Å². The molecule has 1 aliphatic rings. The predicted octanol–water partition coefficient (Wildman–Crippen LogP) is -1.90. The molecule has 0 radical (unpaired) electrons. The Hall–Kier alpha value is -0.890. The van der Waals surface area contributed by atoms with Crippen LogP contribution in [0.5, 0.6) is 0 Å². The summed E-state index contributed by atoms with van der Waals surface area (Å²) in [4.78, 5) is 2.44. The number of aliphatic hydroxyl groups is 4. The van der Waals surface area contributed by atoms with Gasteiger partial charge in [-0.1, -0.05) is 5.11 Å². The van der Waals surface area contributed by atoms with E-state index in [1.54, 1.807) is 0 Å². The average Bonchev–Trinajstić information content (AvgIpc) is 2.18. The Bertz CT molecular complexity index is 244. The van der Waals surface area contributed by atoms with Gasteiger partial charge in [0.25, 0.3) is 0 Å². The smallest absolute Gasteiger partial charge is 0.183 e. The highest BCUT2D eigenvalue weighted by Gasteiger charge is 2.42. The Kier molecular flexibility index (Phi) is 3.64. The van der Waals surface area contributed by atoms with Gasteiger partial charge in [-0.15, -0.1) is 0 Å². The molecule has 0 aliphatic carbocycles. The van der Waals surface area contributed by atoms with Crippen molar-refractivity contribution in [3.63, 3.8) is 0 Å². The molecule has 5 atom stereocenters. The lowest BCUT2D eigenvalue weighted by atomic mass is 9.99. The zero-order valence-corrected chi connectivity index (χ0v) is 7.13. The summed E-state index contributed by atoms with van der Waals surface area (Å²) < 4.78 is 4.71. The zero-order valence-electron chi connectivity index (χ0n) is 7.13. The van der Waals surface area contributed by atoms with Gasteiger partial charge < -0.3 is 25.2 Å². The minimum absolute atomic E-state index is 0.224. The second-order valence-corrected chi connectivity index (χ2v) is 2.95. The quantitative estimate of drug-likeness (QED) is 0.237. The fourth-order valence-corrected chi connectivity index (χ4v) is 1.20. The van der Waals surface area contributed by atoms with Crippen LogP contribution in [0.15, 0.2) is 5.11 Å². The molecule has 8 heteroatoms. The molecule has 0 aromatic rings. The molecule has 80 valence electrons. The van der Waals surface area contributed by atoms with E-state index in [0.717, 1.165) is 0 Å². The van der Waals surface area contributed by atoms with E-state index in [4.69, 9.17) is 20.5 Å². The average molecular weight is 205 g/mol. The van der Waals surface area contributed by atoms with E-state index in [1.807, 2.05) is 0 Å². The summed E-state index contributed by atoms with van der Waals surface area (Å²) in [5.41, 5.74) is 8.01. The largest absolute Gasteiger partial charge is 0.388 e. The fourth-order valence-electron chi connectivity index (χ4n) is 1.20. The molecule has 0 aromatic heterocycles. The molecule has 1 heterocycles. The normalized spacial score (nSPS) is 43.0. The molecular weight excluding hydrogens is 194 g/mol. The van der Waals surface area contributed by atoms with Crippen molar-refractivity contribution < 1.29 is 25.2 Å². The Morgan fingerprint density at radius 2 is 1.79 bits per heavy atom. The lowest BCUT2D eigenvalue weighted by molar-refractivity contribution is -0.279. The van der Waals surface area contributed by atoms with E-state index in [9.17, 15) is 10.2 Å². The lowest BCUT2D eigenvalue weighted by Crippen LogP contribution is -2.58. The van der Waals surface area contributed by atoms with E-state index < -0.39 is 30.7 Å². The van der Waals surface area contributed by atoms with Crippen LogP contribution in [0.4, 0.5) is 0 Å². The number of rotatable bonds is 2. The highest BCUT2D eigenvalue weighted by molar-refractivity contribution is 4.89. The summed E-state index contributed by atoms with van der Waals surface area (Å²) in [5, 5.41) is 39.8. The molecule has 1 fully saturated rings. The van der Waals surface area contributed by atoms with Gasteiger partial charge in [0.15, 0.2) is 6.29 Å². The molecule has 1 rings (SSSR count). The van der Waals surface area contributed by atoms with Crippen molar-refractivity contribution in [3.05, 3.63) is 10.4 Å². The Morgan fingerprint density at radius 3 is 2.36 bits per heavy atom. The molecular formula is C6H11N3O5. The number of hydrogen-bond donors (Lipinski definition) is 4. The molecule has 0 saturated carbocycles. The maximum absolute atomic E-state index is 9.32. The van der Waals surface area contributed by atoms with Crippen LogP contribution in [-0.2, 0) is 4.74 Å². The zero-order chi connectivity index (χ0) is 10.7. The molecule has 0 amide bonds. The summed E-state index contributed by atoms with van der Waals surface area (Å²) in [6, 6.07) is 0. The first-order chi connectivity index (χ1) is 6.57. The summed E-state index contributed by atoms with van der Waals surface area (Å²) in [6.45, 7) is -0.224. The maximum Gasteiger partial charge on any atom is 0.183 e. The van der Waals surface area contributed by atoms with E-state index >= 15 is 0 Å². The highest BCUT2D eigenvalue weighted by atomic mass is 16.6. The van der Waals surface area contributed by atoms with E-state index in [2.05, 4.69) is 10.0 Å². The van der Waals surface area contributed by atoms with Gasteiger partial charge in [0, 0.05) is 4.91 Å². The minimum Gasteiger partial charge on any atom is -0.388 e. The number of azide groups is 1. The molecule has 0 bridgehead atoms. The third-order valence-electron chi connectivity index (χ3n) is 2.01. The van der Waals surface area contributed by atoms with Gasteiger partial charge >= 0.3 is 0 Å². The van der Waals surface area contributed by atoms with Crippen molar-refractivity contribution in [2.24, 2.45) is 5.11 Å². The Morgan fingerprint density at radius 1 is 1.14 bits per heavy atom.